The number of carbonyl (C=O) groups excluding carboxylic acids is 1. The maximum atomic E-state index is 13.0. The van der Waals surface area contributed by atoms with Gasteiger partial charge < -0.3 is 15.0 Å². The number of anilines is 1. The highest BCUT2D eigenvalue weighted by molar-refractivity contribution is 5.79. The number of aromatic nitrogens is 2. The largest absolute Gasteiger partial charge is 0.439 e. The Morgan fingerprint density at radius 2 is 2.00 bits per heavy atom. The van der Waals surface area contributed by atoms with Crippen molar-refractivity contribution in [3.8, 4) is 11.6 Å². The monoisotopic (exact) mass is 398 g/mol. The number of nitrogens with zero attached hydrogens (tertiary/aromatic N) is 3. The molecule has 0 spiro atoms. The Balaban J connectivity index is 1.64. The zero-order valence-electron chi connectivity index (χ0n) is 14.7. The molecule has 1 aliphatic heterocycles. The molecule has 0 bridgehead atoms. The van der Waals surface area contributed by atoms with E-state index in [-0.39, 0.29) is 18.2 Å². The molecule has 1 saturated heterocycles. The van der Waals surface area contributed by atoms with Crippen LogP contribution < -0.4 is 15.0 Å². The number of ether oxygens (including phenoxy) is 1. The van der Waals surface area contributed by atoms with Crippen LogP contribution in [0.1, 0.15) is 12.8 Å². The fourth-order valence-corrected chi connectivity index (χ4v) is 2.87. The van der Waals surface area contributed by atoms with E-state index >= 15 is 0 Å². The summed E-state index contributed by atoms with van der Waals surface area (Å²) < 4.78 is 55.4. The number of rotatable bonds is 5. The van der Waals surface area contributed by atoms with Crippen LogP contribution >= 0.6 is 0 Å². The number of hydrogen-bond acceptors (Lipinski definition) is 5. The number of piperidine rings is 1. The maximum absolute atomic E-state index is 13.0. The molecule has 1 aromatic heterocycles. The third-order valence-corrected chi connectivity index (χ3v) is 4.19. The molecule has 1 aliphatic rings. The van der Waals surface area contributed by atoms with E-state index in [0.29, 0.717) is 31.1 Å². The highest BCUT2D eigenvalue weighted by Crippen LogP contribution is 2.24. The van der Waals surface area contributed by atoms with Crippen LogP contribution in [0.5, 0.6) is 11.6 Å². The van der Waals surface area contributed by atoms with Crippen LogP contribution in [0.2, 0.25) is 0 Å². The minimum absolute atomic E-state index is 0.212. The second-order valence-corrected chi connectivity index (χ2v) is 6.37. The minimum Gasteiger partial charge on any atom is -0.439 e. The smallest absolute Gasteiger partial charge is 0.405 e. The second-order valence-electron chi connectivity index (χ2n) is 6.37. The van der Waals surface area contributed by atoms with Crippen LogP contribution in [0.15, 0.2) is 36.5 Å². The average molecular weight is 398 g/mol. The topological polar surface area (TPSA) is 67.4 Å². The van der Waals surface area contributed by atoms with Crippen LogP contribution in [-0.4, -0.2) is 41.7 Å². The molecule has 1 N–H and O–H groups in total. The predicted molar refractivity (Wildman–Crippen MR) is 92.5 cm³/mol. The first-order valence-corrected chi connectivity index (χ1v) is 8.66. The van der Waals surface area contributed by atoms with E-state index in [2.05, 4.69) is 9.97 Å². The van der Waals surface area contributed by atoms with Gasteiger partial charge in [0.05, 0.1) is 5.92 Å². The first-order chi connectivity index (χ1) is 13.3. The summed E-state index contributed by atoms with van der Waals surface area (Å²) in [5.74, 6) is -0.664. The minimum atomic E-state index is -4.45. The maximum Gasteiger partial charge on any atom is 0.405 e. The highest BCUT2D eigenvalue weighted by Gasteiger charge is 2.32. The van der Waals surface area contributed by atoms with Crippen molar-refractivity contribution >= 4 is 11.9 Å². The molecule has 3 rings (SSSR count). The van der Waals surface area contributed by atoms with Crippen molar-refractivity contribution in [2.75, 3.05) is 24.5 Å². The van der Waals surface area contributed by atoms with Crippen molar-refractivity contribution in [1.82, 2.24) is 15.3 Å². The summed E-state index contributed by atoms with van der Waals surface area (Å²) in [4.78, 5) is 22.2. The molecular formula is C18H18F4N4O2. The Morgan fingerprint density at radius 1 is 1.25 bits per heavy atom. The van der Waals surface area contributed by atoms with E-state index < -0.39 is 24.5 Å². The normalized spacial score (nSPS) is 17.3. The molecule has 150 valence electrons. The van der Waals surface area contributed by atoms with E-state index in [1.165, 1.54) is 36.5 Å². The first-order valence-electron chi connectivity index (χ1n) is 8.66. The summed E-state index contributed by atoms with van der Waals surface area (Å²) >= 11 is 0. The summed E-state index contributed by atoms with van der Waals surface area (Å²) in [5, 5.41) is 1.93. The van der Waals surface area contributed by atoms with Crippen molar-refractivity contribution in [3.63, 3.8) is 0 Å². The molecule has 1 unspecified atom stereocenters. The molecular weight excluding hydrogens is 380 g/mol. The lowest BCUT2D eigenvalue weighted by atomic mass is 9.97. The van der Waals surface area contributed by atoms with Crippen molar-refractivity contribution in [1.29, 1.82) is 0 Å². The molecule has 0 aliphatic carbocycles. The van der Waals surface area contributed by atoms with Gasteiger partial charge >= 0.3 is 6.18 Å². The Bertz CT molecular complexity index is 814. The van der Waals surface area contributed by atoms with E-state index in [1.807, 2.05) is 5.32 Å². The lowest BCUT2D eigenvalue weighted by Crippen LogP contribution is -2.45. The summed E-state index contributed by atoms with van der Waals surface area (Å²) in [7, 11) is 0. The van der Waals surface area contributed by atoms with Crippen LogP contribution in [0.25, 0.3) is 0 Å². The van der Waals surface area contributed by atoms with E-state index in [4.69, 9.17) is 4.74 Å². The number of hydrogen-bond donors (Lipinski definition) is 1. The van der Waals surface area contributed by atoms with Crippen LogP contribution in [0.4, 0.5) is 23.5 Å². The van der Waals surface area contributed by atoms with E-state index in [9.17, 15) is 22.4 Å². The third-order valence-electron chi connectivity index (χ3n) is 4.19. The van der Waals surface area contributed by atoms with Crippen molar-refractivity contribution in [3.05, 3.63) is 42.3 Å². The summed E-state index contributed by atoms with van der Waals surface area (Å²) in [6.07, 6.45) is -1.85. The number of halogens is 4. The lowest BCUT2D eigenvalue weighted by molar-refractivity contribution is -0.140. The van der Waals surface area contributed by atoms with Gasteiger partial charge in [-0.15, -0.1) is 0 Å². The van der Waals surface area contributed by atoms with Gasteiger partial charge in [-0.25, -0.2) is 9.37 Å². The van der Waals surface area contributed by atoms with Crippen LogP contribution in [0, 0.1) is 11.7 Å². The molecule has 6 nitrogen and oxygen atoms in total. The van der Waals surface area contributed by atoms with E-state index in [1.54, 1.807) is 4.90 Å². The number of amides is 1. The molecule has 2 heterocycles. The molecule has 0 radical (unpaired) electrons. The zero-order chi connectivity index (χ0) is 20.1. The predicted octanol–water partition coefficient (Wildman–Crippen LogP) is 3.30. The molecule has 1 amide bonds. The van der Waals surface area contributed by atoms with Gasteiger partial charge in [0.1, 0.15) is 18.1 Å². The average Bonchev–Trinajstić information content (AvgIpc) is 2.68. The van der Waals surface area contributed by atoms with Gasteiger partial charge in [0.25, 0.3) is 0 Å². The summed E-state index contributed by atoms with van der Waals surface area (Å²) in [6.45, 7) is -0.563. The van der Waals surface area contributed by atoms with E-state index in [0.717, 1.165) is 0 Å². The molecule has 2 aromatic rings. The lowest BCUT2D eigenvalue weighted by Gasteiger charge is -2.32. The Hall–Kier alpha value is -2.91. The summed E-state index contributed by atoms with van der Waals surface area (Å²) in [5.41, 5.74) is 0. The molecule has 0 saturated carbocycles. The quantitative estimate of drug-likeness (QED) is 0.783. The van der Waals surface area contributed by atoms with Crippen molar-refractivity contribution < 1.29 is 27.1 Å². The molecule has 1 fully saturated rings. The zero-order valence-corrected chi connectivity index (χ0v) is 14.7. The SMILES string of the molecule is O=C(NCC(F)(F)F)C1CCCN(c2nccc(Oc3ccc(F)cc3)n2)C1. The van der Waals surface area contributed by atoms with Crippen LogP contribution in [-0.2, 0) is 4.79 Å². The van der Waals surface area contributed by atoms with Gasteiger partial charge in [-0.05, 0) is 37.1 Å². The number of benzene rings is 1. The van der Waals surface area contributed by atoms with Crippen molar-refractivity contribution in [2.45, 2.75) is 19.0 Å². The molecule has 10 heteroatoms. The van der Waals surface area contributed by atoms with Gasteiger partial charge in [0.15, 0.2) is 0 Å². The van der Waals surface area contributed by atoms with Gasteiger partial charge in [-0.1, -0.05) is 0 Å². The molecule has 1 atom stereocenters. The van der Waals surface area contributed by atoms with Crippen molar-refractivity contribution in [2.24, 2.45) is 5.92 Å². The van der Waals surface area contributed by atoms with Gasteiger partial charge in [0.2, 0.25) is 17.7 Å². The summed E-state index contributed by atoms with van der Waals surface area (Å²) in [6, 6.07) is 6.96. The first kappa shape index (κ1) is 19.8. The van der Waals surface area contributed by atoms with Gasteiger partial charge in [-0.3, -0.25) is 4.79 Å². The van der Waals surface area contributed by atoms with Crippen LogP contribution in [0.3, 0.4) is 0 Å². The molecule has 28 heavy (non-hydrogen) atoms. The van der Waals surface area contributed by atoms with Gasteiger partial charge in [0, 0.05) is 25.4 Å². The number of nitrogens with one attached hydrogen (secondary N) is 1. The van der Waals surface area contributed by atoms with Gasteiger partial charge in [-0.2, -0.15) is 18.2 Å². The highest BCUT2D eigenvalue weighted by atomic mass is 19.4. The Morgan fingerprint density at radius 3 is 2.71 bits per heavy atom. The Labute approximate surface area is 158 Å². The Kier molecular flexibility index (Phi) is 5.96. The molecule has 1 aromatic carbocycles. The number of carbonyl (C=O) groups is 1. The number of alkyl halides is 3. The third kappa shape index (κ3) is 5.54. The second kappa shape index (κ2) is 8.41. The standard InChI is InChI=1S/C18H18F4N4O2/c19-13-3-5-14(6-4-13)28-15-7-8-23-17(25-15)26-9-1-2-12(10-26)16(27)24-11-18(20,21)22/h3-8,12H,1-2,9-11H2,(H,24,27). The fraction of sp³-hybridized carbons (Fsp3) is 0.389. The fourth-order valence-electron chi connectivity index (χ4n) is 2.87.